The molecule has 0 atom stereocenters. The van der Waals surface area contributed by atoms with Crippen molar-refractivity contribution in [3.8, 4) is 0 Å². The van der Waals surface area contributed by atoms with Gasteiger partial charge in [0.1, 0.15) is 0 Å². The summed E-state index contributed by atoms with van der Waals surface area (Å²) in [5.74, 6) is 0. The number of hydrogen-bond acceptors (Lipinski definition) is 10. The first-order valence-electron chi connectivity index (χ1n) is 10.9. The minimum absolute atomic E-state index is 0.771. The highest BCUT2D eigenvalue weighted by Crippen LogP contribution is 2.28. The molecule has 0 spiro atoms. The van der Waals surface area contributed by atoms with E-state index < -0.39 is 45.6 Å². The summed E-state index contributed by atoms with van der Waals surface area (Å²) in [7, 11) is -21.8. The molecule has 0 aromatic carbocycles. The molecule has 266 valence electrons. The number of nitrogens with two attached hydrogens (primary N) is 2. The van der Waals surface area contributed by atoms with E-state index in [1.54, 1.807) is 0 Å². The molecule has 0 rings (SSSR count). The standard InChI is InChI=1S/C8H22N4.6CH5O3P/c9-3-1-5-11-7-8-12-6-2-4-10;6*1-5(2,3)4/h11-12H,1-10H2;6*1H3,(H2,2,3,4). The monoisotopic (exact) mass is 750 g/mol. The van der Waals surface area contributed by atoms with Crippen LogP contribution in [0.5, 0.6) is 0 Å². The van der Waals surface area contributed by atoms with E-state index in [0.717, 1.165) is 92.1 Å². The lowest BCUT2D eigenvalue weighted by atomic mass is 10.4. The van der Waals surface area contributed by atoms with Crippen LogP contribution in [0.2, 0.25) is 0 Å². The number of rotatable bonds is 9. The fourth-order valence-electron chi connectivity index (χ4n) is 0.881. The van der Waals surface area contributed by atoms with Gasteiger partial charge in [0.2, 0.25) is 0 Å². The summed E-state index contributed by atoms with van der Waals surface area (Å²) in [6, 6.07) is 0. The van der Waals surface area contributed by atoms with E-state index in [9.17, 15) is 27.4 Å². The average molecular weight is 750 g/mol. The van der Waals surface area contributed by atoms with E-state index in [4.69, 9.17) is 70.2 Å². The highest BCUT2D eigenvalue weighted by atomic mass is 31.2. The van der Waals surface area contributed by atoms with Crippen molar-refractivity contribution in [1.29, 1.82) is 0 Å². The van der Waals surface area contributed by atoms with Crippen molar-refractivity contribution in [1.82, 2.24) is 10.6 Å². The first kappa shape index (κ1) is 58.3. The maximum atomic E-state index is 9.33. The molecule has 0 aliphatic carbocycles. The SMILES string of the molecule is CP(=O)(O)O.CP(=O)(O)O.CP(=O)(O)O.CP(=O)(O)O.CP(=O)(O)O.CP(=O)(O)O.NCCCNCCNCCCN. The molecule has 0 amide bonds. The number of hydrogen-bond donors (Lipinski definition) is 16. The van der Waals surface area contributed by atoms with Crippen LogP contribution in [0.15, 0.2) is 0 Å². The lowest BCUT2D eigenvalue weighted by Gasteiger charge is -2.04. The fraction of sp³-hybridized carbons (Fsp3) is 1.00. The maximum absolute atomic E-state index is 9.33. The van der Waals surface area contributed by atoms with Gasteiger partial charge in [0.25, 0.3) is 0 Å². The van der Waals surface area contributed by atoms with Crippen LogP contribution in [-0.2, 0) is 27.4 Å². The zero-order valence-corrected chi connectivity index (χ0v) is 29.7. The molecule has 28 heteroatoms. The fourth-order valence-corrected chi connectivity index (χ4v) is 0.881. The molecule has 0 saturated carbocycles. The van der Waals surface area contributed by atoms with Crippen molar-refractivity contribution >= 4 is 45.6 Å². The molecule has 42 heavy (non-hydrogen) atoms. The molecule has 0 fully saturated rings. The molecule has 0 heterocycles. The highest BCUT2D eigenvalue weighted by Gasteiger charge is 1.98. The quantitative estimate of drug-likeness (QED) is 0.0864. The minimum atomic E-state index is -3.64. The van der Waals surface area contributed by atoms with Gasteiger partial charge in [-0.15, -0.1) is 0 Å². The molecule has 18 N–H and O–H groups in total. The lowest BCUT2D eigenvalue weighted by molar-refractivity contribution is 0.379. The van der Waals surface area contributed by atoms with Crippen LogP contribution in [0.1, 0.15) is 12.8 Å². The van der Waals surface area contributed by atoms with E-state index in [0.29, 0.717) is 0 Å². The molecular formula is C14H52N4O18P6. The first-order valence-corrected chi connectivity index (χ1v) is 23.3. The van der Waals surface area contributed by atoms with Crippen LogP contribution in [0, 0.1) is 0 Å². The van der Waals surface area contributed by atoms with Crippen LogP contribution in [-0.4, -0.2) is 138 Å². The normalized spacial score (nSPS) is 11.4. The van der Waals surface area contributed by atoms with Gasteiger partial charge in [0, 0.05) is 53.1 Å². The summed E-state index contributed by atoms with van der Waals surface area (Å²) >= 11 is 0. The van der Waals surface area contributed by atoms with E-state index >= 15 is 0 Å². The maximum Gasteiger partial charge on any atom is 0.322 e. The molecule has 0 aliphatic rings. The van der Waals surface area contributed by atoms with Crippen molar-refractivity contribution in [2.75, 3.05) is 79.3 Å². The zero-order chi connectivity index (χ0) is 36.1. The second kappa shape index (κ2) is 31.7. The van der Waals surface area contributed by atoms with Crippen LogP contribution >= 0.6 is 45.6 Å². The summed E-state index contributed by atoms with van der Waals surface area (Å²) in [5, 5.41) is 6.58. The molecule has 0 radical (unpaired) electrons. The Morgan fingerprint density at radius 3 is 0.595 bits per heavy atom. The van der Waals surface area contributed by atoms with E-state index in [2.05, 4.69) is 10.6 Å². The molecule has 0 aliphatic heterocycles. The molecule has 0 aromatic heterocycles. The third-order valence-electron chi connectivity index (χ3n) is 1.59. The minimum Gasteiger partial charge on any atom is -0.330 e. The summed E-state index contributed by atoms with van der Waals surface area (Å²) in [4.78, 5) is 91.6. The average Bonchev–Trinajstić information content (AvgIpc) is 2.55. The zero-order valence-electron chi connectivity index (χ0n) is 24.3. The highest BCUT2D eigenvalue weighted by molar-refractivity contribution is 7.52. The van der Waals surface area contributed by atoms with Crippen molar-refractivity contribution in [3.63, 3.8) is 0 Å². The summed E-state index contributed by atoms with van der Waals surface area (Å²) in [5.41, 5.74) is 10.7. The largest absolute Gasteiger partial charge is 0.330 e. The van der Waals surface area contributed by atoms with Crippen molar-refractivity contribution in [2.24, 2.45) is 11.5 Å². The van der Waals surface area contributed by atoms with Crippen LogP contribution in [0.25, 0.3) is 0 Å². The number of nitrogens with one attached hydrogen (secondary N) is 2. The van der Waals surface area contributed by atoms with Gasteiger partial charge in [0.15, 0.2) is 0 Å². The van der Waals surface area contributed by atoms with Crippen LogP contribution in [0.4, 0.5) is 0 Å². The summed E-state index contributed by atoms with van der Waals surface area (Å²) in [6.07, 6.45) is 2.12. The van der Waals surface area contributed by atoms with Crippen LogP contribution < -0.4 is 22.1 Å². The lowest BCUT2D eigenvalue weighted by Crippen LogP contribution is -2.29. The van der Waals surface area contributed by atoms with Gasteiger partial charge in [-0.3, -0.25) is 27.4 Å². The second-order valence-electron chi connectivity index (χ2n) is 7.80. The Labute approximate surface area is 246 Å². The van der Waals surface area contributed by atoms with Gasteiger partial charge in [0.05, 0.1) is 0 Å². The molecule has 22 nitrogen and oxygen atoms in total. The van der Waals surface area contributed by atoms with Crippen LogP contribution in [0.3, 0.4) is 0 Å². The molecular weight excluding hydrogens is 698 g/mol. The van der Waals surface area contributed by atoms with Gasteiger partial charge in [-0.25, -0.2) is 0 Å². The van der Waals surface area contributed by atoms with Gasteiger partial charge in [-0.1, -0.05) is 0 Å². The van der Waals surface area contributed by atoms with Crippen molar-refractivity contribution < 1.29 is 86.1 Å². The predicted octanol–water partition coefficient (Wildman–Crippen LogP) is -2.37. The Morgan fingerprint density at radius 1 is 0.381 bits per heavy atom. The van der Waals surface area contributed by atoms with Gasteiger partial charge in [-0.05, 0) is 39.0 Å². The Morgan fingerprint density at radius 2 is 0.500 bits per heavy atom. The van der Waals surface area contributed by atoms with Gasteiger partial charge >= 0.3 is 45.6 Å². The first-order chi connectivity index (χ1) is 17.9. The summed E-state index contributed by atoms with van der Waals surface area (Å²) in [6.45, 7) is 10.8. The topological polar surface area (TPSA) is 421 Å². The Balaban J connectivity index is -0.0000000711. The van der Waals surface area contributed by atoms with Gasteiger partial charge in [-0.2, -0.15) is 0 Å². The second-order valence-corrected chi connectivity index (χ2v) is 17.8. The van der Waals surface area contributed by atoms with E-state index in [1.165, 1.54) is 0 Å². The predicted molar refractivity (Wildman–Crippen MR) is 161 cm³/mol. The van der Waals surface area contributed by atoms with E-state index in [1.807, 2.05) is 0 Å². The van der Waals surface area contributed by atoms with E-state index in [-0.39, 0.29) is 0 Å². The molecule has 0 unspecified atom stereocenters. The third-order valence-corrected chi connectivity index (χ3v) is 1.59. The van der Waals surface area contributed by atoms with Crippen molar-refractivity contribution in [2.45, 2.75) is 12.8 Å². The molecule has 0 aromatic rings. The molecule has 0 bridgehead atoms. The molecule has 0 saturated heterocycles. The smallest absolute Gasteiger partial charge is 0.322 e. The Bertz CT molecular complexity index is 646. The van der Waals surface area contributed by atoms with Crippen molar-refractivity contribution in [3.05, 3.63) is 0 Å². The Kier molecular flexibility index (Phi) is 44.0. The Hall–Kier alpha value is 0.740. The van der Waals surface area contributed by atoms with Gasteiger partial charge < -0.3 is 80.8 Å². The third kappa shape index (κ3) is 678. The summed E-state index contributed by atoms with van der Waals surface area (Å²) < 4.78 is 56.0.